The maximum Gasteiger partial charge on any atom is 0.211 e. The second-order valence-electron chi connectivity index (χ2n) is 5.51. The smallest absolute Gasteiger partial charge is 0.211 e. The quantitative estimate of drug-likeness (QED) is 0.840. The summed E-state index contributed by atoms with van der Waals surface area (Å²) in [5, 5.41) is 9.84. The summed E-state index contributed by atoms with van der Waals surface area (Å²) < 4.78 is 26.6. The van der Waals surface area contributed by atoms with E-state index in [0.29, 0.717) is 13.0 Å². The molecule has 4 nitrogen and oxygen atoms in total. The molecule has 1 saturated carbocycles. The molecule has 1 fully saturated rings. The molecule has 2 atom stereocenters. The zero-order valence-corrected chi connectivity index (χ0v) is 12.5. The van der Waals surface area contributed by atoms with Gasteiger partial charge in [-0.25, -0.2) is 13.1 Å². The molecule has 0 aliphatic heterocycles. The van der Waals surface area contributed by atoms with E-state index >= 15 is 0 Å². The van der Waals surface area contributed by atoms with Crippen LogP contribution in [0.1, 0.15) is 31.2 Å². The van der Waals surface area contributed by atoms with Crippen LogP contribution in [-0.2, 0) is 16.4 Å². The van der Waals surface area contributed by atoms with Crippen molar-refractivity contribution in [2.24, 2.45) is 5.92 Å². The number of sulfonamides is 1. The Bertz CT molecular complexity index is 501. The summed E-state index contributed by atoms with van der Waals surface area (Å²) >= 11 is 0. The van der Waals surface area contributed by atoms with Crippen molar-refractivity contribution in [3.8, 4) is 0 Å². The highest BCUT2D eigenvalue weighted by molar-refractivity contribution is 7.89. The molecule has 0 amide bonds. The second-order valence-corrected chi connectivity index (χ2v) is 7.44. The van der Waals surface area contributed by atoms with Crippen LogP contribution in [0.3, 0.4) is 0 Å². The lowest BCUT2D eigenvalue weighted by atomic mass is 9.87. The van der Waals surface area contributed by atoms with E-state index in [4.69, 9.17) is 0 Å². The summed E-state index contributed by atoms with van der Waals surface area (Å²) in [7, 11) is -3.26. The average molecular weight is 297 g/mol. The van der Waals surface area contributed by atoms with Crippen molar-refractivity contribution in [1.29, 1.82) is 0 Å². The number of benzene rings is 1. The molecule has 1 aliphatic rings. The fourth-order valence-corrected chi connectivity index (χ4v) is 3.75. The molecule has 5 heteroatoms. The number of aliphatic hydroxyl groups excluding tert-OH is 1. The highest BCUT2D eigenvalue weighted by atomic mass is 32.2. The van der Waals surface area contributed by atoms with Crippen molar-refractivity contribution in [1.82, 2.24) is 4.72 Å². The summed E-state index contributed by atoms with van der Waals surface area (Å²) in [5.74, 6) is 0.162. The van der Waals surface area contributed by atoms with Crippen molar-refractivity contribution in [2.75, 3.05) is 12.3 Å². The van der Waals surface area contributed by atoms with Gasteiger partial charge in [-0.1, -0.05) is 43.2 Å². The molecule has 0 spiro atoms. The Morgan fingerprint density at radius 2 is 1.85 bits per heavy atom. The lowest BCUT2D eigenvalue weighted by Crippen LogP contribution is -2.37. The highest BCUT2D eigenvalue weighted by Crippen LogP contribution is 2.23. The van der Waals surface area contributed by atoms with Gasteiger partial charge in [-0.05, 0) is 30.7 Å². The van der Waals surface area contributed by atoms with E-state index in [2.05, 4.69) is 4.72 Å². The van der Waals surface area contributed by atoms with Gasteiger partial charge in [-0.2, -0.15) is 0 Å². The molecule has 0 saturated heterocycles. The molecule has 1 aromatic carbocycles. The fraction of sp³-hybridized carbons (Fsp3) is 0.600. The lowest BCUT2D eigenvalue weighted by molar-refractivity contribution is 0.0724. The van der Waals surface area contributed by atoms with E-state index < -0.39 is 10.0 Å². The molecule has 20 heavy (non-hydrogen) atoms. The van der Waals surface area contributed by atoms with Crippen LogP contribution in [0.15, 0.2) is 30.3 Å². The molecular weight excluding hydrogens is 274 g/mol. The number of nitrogens with one attached hydrogen (secondary N) is 1. The maximum absolute atomic E-state index is 12.0. The van der Waals surface area contributed by atoms with Crippen molar-refractivity contribution in [3.05, 3.63) is 35.9 Å². The molecule has 112 valence electrons. The number of rotatable bonds is 6. The number of aliphatic hydroxyl groups is 1. The minimum atomic E-state index is -3.26. The van der Waals surface area contributed by atoms with Crippen LogP contribution in [0.4, 0.5) is 0 Å². The molecule has 2 rings (SSSR count). The van der Waals surface area contributed by atoms with Gasteiger partial charge in [-0.15, -0.1) is 0 Å². The topological polar surface area (TPSA) is 66.4 Å². The van der Waals surface area contributed by atoms with Gasteiger partial charge >= 0.3 is 0 Å². The third kappa shape index (κ3) is 4.89. The molecule has 2 N–H and O–H groups in total. The predicted octanol–water partition coefficient (Wildman–Crippen LogP) is 1.70. The summed E-state index contributed by atoms with van der Waals surface area (Å²) in [6.07, 6.45) is 3.97. The van der Waals surface area contributed by atoms with Gasteiger partial charge in [0.15, 0.2) is 0 Å². The first kappa shape index (κ1) is 15.5. The van der Waals surface area contributed by atoms with Gasteiger partial charge < -0.3 is 5.11 Å². The summed E-state index contributed by atoms with van der Waals surface area (Å²) in [4.78, 5) is 0. The van der Waals surface area contributed by atoms with E-state index in [1.54, 1.807) is 0 Å². The van der Waals surface area contributed by atoms with E-state index in [-0.39, 0.29) is 17.8 Å². The van der Waals surface area contributed by atoms with Gasteiger partial charge in [0.1, 0.15) is 0 Å². The minimum Gasteiger partial charge on any atom is -0.393 e. The molecule has 0 aromatic heterocycles. The normalized spacial score (nSPS) is 23.6. The number of hydrogen-bond donors (Lipinski definition) is 2. The molecule has 1 aliphatic carbocycles. The Balaban J connectivity index is 1.79. The Morgan fingerprint density at radius 1 is 1.15 bits per heavy atom. The van der Waals surface area contributed by atoms with Gasteiger partial charge in [0.05, 0.1) is 11.9 Å². The Kier molecular flexibility index (Phi) is 5.57. The molecule has 1 aromatic rings. The van der Waals surface area contributed by atoms with E-state index in [1.807, 2.05) is 30.3 Å². The van der Waals surface area contributed by atoms with Crippen molar-refractivity contribution >= 4 is 10.0 Å². The summed E-state index contributed by atoms with van der Waals surface area (Å²) in [6.45, 7) is 0.359. The zero-order valence-electron chi connectivity index (χ0n) is 11.7. The van der Waals surface area contributed by atoms with Crippen molar-refractivity contribution in [3.63, 3.8) is 0 Å². The minimum absolute atomic E-state index is 0.0650. The largest absolute Gasteiger partial charge is 0.393 e. The fourth-order valence-electron chi connectivity index (χ4n) is 2.63. The average Bonchev–Trinajstić information content (AvgIpc) is 2.46. The van der Waals surface area contributed by atoms with E-state index in [1.165, 1.54) is 0 Å². The van der Waals surface area contributed by atoms with Gasteiger partial charge in [-0.3, -0.25) is 0 Å². The first-order chi connectivity index (χ1) is 9.57. The molecule has 2 unspecified atom stereocenters. The first-order valence-electron chi connectivity index (χ1n) is 7.26. The lowest BCUT2D eigenvalue weighted by Gasteiger charge is -2.27. The van der Waals surface area contributed by atoms with Crippen LogP contribution in [-0.4, -0.2) is 31.9 Å². The van der Waals surface area contributed by atoms with E-state index in [9.17, 15) is 13.5 Å². The third-order valence-electron chi connectivity index (χ3n) is 3.94. The number of hydrogen-bond acceptors (Lipinski definition) is 3. The third-order valence-corrected chi connectivity index (χ3v) is 5.28. The second kappa shape index (κ2) is 7.20. The van der Waals surface area contributed by atoms with Crippen LogP contribution < -0.4 is 4.72 Å². The maximum atomic E-state index is 12.0. The molecule has 0 radical (unpaired) electrons. The summed E-state index contributed by atoms with van der Waals surface area (Å²) in [6, 6.07) is 9.60. The van der Waals surface area contributed by atoms with E-state index in [0.717, 1.165) is 31.2 Å². The van der Waals surface area contributed by atoms with Crippen LogP contribution in [0.5, 0.6) is 0 Å². The Morgan fingerprint density at radius 3 is 2.55 bits per heavy atom. The van der Waals surface area contributed by atoms with Crippen LogP contribution in [0, 0.1) is 5.92 Å². The number of aryl methyl sites for hydroxylation is 1. The first-order valence-corrected chi connectivity index (χ1v) is 8.91. The monoisotopic (exact) mass is 297 g/mol. The van der Waals surface area contributed by atoms with Crippen molar-refractivity contribution in [2.45, 2.75) is 38.2 Å². The molecule has 0 heterocycles. The van der Waals surface area contributed by atoms with Gasteiger partial charge in [0.25, 0.3) is 0 Å². The Hall–Kier alpha value is -0.910. The molecule has 0 bridgehead atoms. The van der Waals surface area contributed by atoms with Gasteiger partial charge in [0.2, 0.25) is 10.0 Å². The Labute approximate surface area is 121 Å². The standard InChI is InChI=1S/C15H23NO3S/c17-15-9-5-4-8-14(15)12-16-20(18,19)11-10-13-6-2-1-3-7-13/h1-3,6-7,14-17H,4-5,8-12H2. The van der Waals surface area contributed by atoms with Crippen LogP contribution >= 0.6 is 0 Å². The molecular formula is C15H23NO3S. The SMILES string of the molecule is O=S(=O)(CCc1ccccc1)NCC1CCCCC1O. The van der Waals surface area contributed by atoms with Crippen LogP contribution in [0.2, 0.25) is 0 Å². The van der Waals surface area contributed by atoms with Crippen LogP contribution in [0.25, 0.3) is 0 Å². The summed E-state index contributed by atoms with van der Waals surface area (Å²) in [5.41, 5.74) is 1.02. The predicted molar refractivity (Wildman–Crippen MR) is 79.9 cm³/mol. The van der Waals surface area contributed by atoms with Crippen molar-refractivity contribution < 1.29 is 13.5 Å². The van der Waals surface area contributed by atoms with Gasteiger partial charge in [0, 0.05) is 6.54 Å². The highest BCUT2D eigenvalue weighted by Gasteiger charge is 2.24. The zero-order chi connectivity index (χ0) is 14.4.